The van der Waals surface area contributed by atoms with Crippen molar-refractivity contribution in [1.29, 1.82) is 0 Å². The molecule has 0 aromatic heterocycles. The maximum absolute atomic E-state index is 14.0. The number of hydrogen-bond donors (Lipinski definition) is 1. The van der Waals surface area contributed by atoms with E-state index >= 15 is 0 Å². The van der Waals surface area contributed by atoms with Crippen LogP contribution in [0.4, 0.5) is 4.39 Å². The Morgan fingerprint density at radius 3 is 2.84 bits per heavy atom. The highest BCUT2D eigenvalue weighted by Crippen LogP contribution is 2.31. The number of benzene rings is 1. The number of ether oxygens (including phenoxy) is 1. The van der Waals surface area contributed by atoms with Gasteiger partial charge in [0.1, 0.15) is 0 Å². The first-order chi connectivity index (χ1) is 9.10. The molecule has 1 saturated carbocycles. The van der Waals surface area contributed by atoms with Crippen LogP contribution in [0, 0.1) is 11.7 Å². The van der Waals surface area contributed by atoms with Crippen LogP contribution in [-0.4, -0.2) is 6.10 Å². The molecule has 0 bridgehead atoms. The van der Waals surface area contributed by atoms with Crippen LogP contribution in [0.3, 0.4) is 0 Å². The maximum atomic E-state index is 14.0. The molecule has 2 rings (SSSR count). The summed E-state index contributed by atoms with van der Waals surface area (Å²) in [6.45, 7) is 4.06. The molecule has 0 amide bonds. The van der Waals surface area contributed by atoms with Crippen LogP contribution in [0.15, 0.2) is 18.2 Å². The topological polar surface area (TPSA) is 35.2 Å². The first-order valence-electron chi connectivity index (χ1n) is 7.31. The van der Waals surface area contributed by atoms with E-state index in [1.807, 2.05) is 13.0 Å². The molecule has 1 aromatic carbocycles. The molecule has 19 heavy (non-hydrogen) atoms. The van der Waals surface area contributed by atoms with Crippen molar-refractivity contribution in [3.8, 4) is 5.75 Å². The normalized spacial score (nSPS) is 25.1. The number of halogens is 1. The summed E-state index contributed by atoms with van der Waals surface area (Å²) in [5.41, 5.74) is 6.55. The van der Waals surface area contributed by atoms with Crippen LogP contribution in [0.2, 0.25) is 0 Å². The molecule has 0 spiro atoms. The molecule has 0 heterocycles. The van der Waals surface area contributed by atoms with E-state index in [1.165, 1.54) is 25.3 Å². The van der Waals surface area contributed by atoms with E-state index in [2.05, 4.69) is 6.92 Å². The highest BCUT2D eigenvalue weighted by atomic mass is 19.1. The van der Waals surface area contributed by atoms with E-state index in [-0.39, 0.29) is 18.0 Å². The molecule has 3 heteroatoms. The van der Waals surface area contributed by atoms with Gasteiger partial charge in [0.2, 0.25) is 0 Å². The van der Waals surface area contributed by atoms with Crippen molar-refractivity contribution in [2.45, 2.75) is 58.1 Å². The summed E-state index contributed by atoms with van der Waals surface area (Å²) in [4.78, 5) is 0. The molecule has 3 unspecified atom stereocenters. The number of hydrogen-bond acceptors (Lipinski definition) is 2. The van der Waals surface area contributed by atoms with Gasteiger partial charge < -0.3 is 10.5 Å². The highest BCUT2D eigenvalue weighted by molar-refractivity contribution is 5.31. The van der Waals surface area contributed by atoms with Crippen LogP contribution in [0.5, 0.6) is 5.75 Å². The second-order valence-corrected chi connectivity index (χ2v) is 5.66. The van der Waals surface area contributed by atoms with Gasteiger partial charge in [-0.25, -0.2) is 4.39 Å². The van der Waals surface area contributed by atoms with Crippen LogP contribution in [-0.2, 0) is 0 Å². The van der Waals surface area contributed by atoms with Gasteiger partial charge in [0.25, 0.3) is 0 Å². The zero-order valence-electron chi connectivity index (χ0n) is 11.9. The second-order valence-electron chi connectivity index (χ2n) is 5.66. The average molecular weight is 265 g/mol. The predicted octanol–water partition coefficient (Wildman–Crippen LogP) is 4.19. The Bertz CT molecular complexity index is 419. The van der Waals surface area contributed by atoms with Crippen LogP contribution in [0.1, 0.15) is 57.6 Å². The van der Waals surface area contributed by atoms with Crippen molar-refractivity contribution in [3.63, 3.8) is 0 Å². The minimum Gasteiger partial charge on any atom is -0.487 e. The largest absolute Gasteiger partial charge is 0.487 e. The fourth-order valence-electron chi connectivity index (χ4n) is 2.79. The molecule has 1 aliphatic rings. The van der Waals surface area contributed by atoms with Crippen molar-refractivity contribution < 1.29 is 9.13 Å². The van der Waals surface area contributed by atoms with Gasteiger partial charge in [-0.1, -0.05) is 25.8 Å². The predicted molar refractivity (Wildman–Crippen MR) is 75.7 cm³/mol. The number of nitrogens with two attached hydrogens (primary N) is 1. The van der Waals surface area contributed by atoms with Crippen molar-refractivity contribution in [1.82, 2.24) is 0 Å². The first-order valence-corrected chi connectivity index (χ1v) is 7.31. The molecule has 2 N–H and O–H groups in total. The van der Waals surface area contributed by atoms with E-state index < -0.39 is 0 Å². The molecule has 2 nitrogen and oxygen atoms in total. The monoisotopic (exact) mass is 265 g/mol. The lowest BCUT2D eigenvalue weighted by Gasteiger charge is -2.29. The molecule has 1 aromatic rings. The number of rotatable bonds is 4. The van der Waals surface area contributed by atoms with Gasteiger partial charge in [-0.15, -0.1) is 0 Å². The van der Waals surface area contributed by atoms with Gasteiger partial charge in [-0.2, -0.15) is 0 Å². The Kier molecular flexibility index (Phi) is 4.81. The molecule has 3 atom stereocenters. The Morgan fingerprint density at radius 2 is 2.21 bits per heavy atom. The van der Waals surface area contributed by atoms with Gasteiger partial charge in [-0.05, 0) is 49.8 Å². The third-order valence-corrected chi connectivity index (χ3v) is 4.09. The van der Waals surface area contributed by atoms with Gasteiger partial charge >= 0.3 is 0 Å². The van der Waals surface area contributed by atoms with Crippen molar-refractivity contribution in [2.24, 2.45) is 11.7 Å². The molecular weight excluding hydrogens is 241 g/mol. The Hall–Kier alpha value is -1.09. The molecular formula is C16H24FNO. The first kappa shape index (κ1) is 14.3. The molecule has 0 saturated heterocycles. The van der Waals surface area contributed by atoms with Gasteiger partial charge in [0.15, 0.2) is 11.6 Å². The lowest BCUT2D eigenvalue weighted by molar-refractivity contribution is 0.117. The van der Waals surface area contributed by atoms with E-state index in [4.69, 9.17) is 10.5 Å². The SMILES string of the molecule is CCC1CCCC(Oc2ccc(C(C)N)cc2F)C1. The van der Waals surface area contributed by atoms with E-state index in [0.717, 1.165) is 24.3 Å². The van der Waals surface area contributed by atoms with Gasteiger partial charge in [0.05, 0.1) is 6.10 Å². The Balaban J connectivity index is 2.02. The summed E-state index contributed by atoms with van der Waals surface area (Å²) in [6, 6.07) is 4.90. The summed E-state index contributed by atoms with van der Waals surface area (Å²) >= 11 is 0. The molecule has 0 radical (unpaired) electrons. The molecule has 106 valence electrons. The highest BCUT2D eigenvalue weighted by Gasteiger charge is 2.23. The standard InChI is InChI=1S/C16H24FNO/c1-3-12-5-4-6-14(9-12)19-16-8-7-13(11(2)18)10-15(16)17/h7-8,10-12,14H,3-6,9,18H2,1-2H3. The lowest BCUT2D eigenvalue weighted by atomic mass is 9.85. The summed E-state index contributed by atoms with van der Waals surface area (Å²) in [5.74, 6) is 0.796. The quantitative estimate of drug-likeness (QED) is 0.885. The summed E-state index contributed by atoms with van der Waals surface area (Å²) in [5, 5.41) is 0. The third kappa shape index (κ3) is 3.69. The van der Waals surface area contributed by atoms with E-state index in [9.17, 15) is 4.39 Å². The Morgan fingerprint density at radius 1 is 1.42 bits per heavy atom. The molecule has 0 aliphatic heterocycles. The summed E-state index contributed by atoms with van der Waals surface area (Å²) < 4.78 is 19.8. The van der Waals surface area contributed by atoms with Crippen LogP contribution >= 0.6 is 0 Å². The zero-order valence-corrected chi connectivity index (χ0v) is 11.9. The fraction of sp³-hybridized carbons (Fsp3) is 0.625. The third-order valence-electron chi connectivity index (χ3n) is 4.09. The van der Waals surface area contributed by atoms with E-state index in [1.54, 1.807) is 6.07 Å². The van der Waals surface area contributed by atoms with Crippen molar-refractivity contribution in [3.05, 3.63) is 29.6 Å². The minimum atomic E-state index is -0.298. The van der Waals surface area contributed by atoms with Crippen LogP contribution < -0.4 is 10.5 Å². The molecule has 1 aliphatic carbocycles. The van der Waals surface area contributed by atoms with Crippen molar-refractivity contribution in [2.75, 3.05) is 0 Å². The summed E-state index contributed by atoms with van der Waals surface area (Å²) in [7, 11) is 0. The minimum absolute atomic E-state index is 0.150. The Labute approximate surface area is 115 Å². The lowest BCUT2D eigenvalue weighted by Crippen LogP contribution is -2.25. The van der Waals surface area contributed by atoms with Gasteiger partial charge in [-0.3, -0.25) is 0 Å². The smallest absolute Gasteiger partial charge is 0.165 e. The van der Waals surface area contributed by atoms with Crippen molar-refractivity contribution >= 4 is 0 Å². The van der Waals surface area contributed by atoms with E-state index in [0.29, 0.717) is 5.75 Å². The fourth-order valence-corrected chi connectivity index (χ4v) is 2.79. The average Bonchev–Trinajstić information content (AvgIpc) is 2.41. The van der Waals surface area contributed by atoms with Crippen LogP contribution in [0.25, 0.3) is 0 Å². The zero-order chi connectivity index (χ0) is 13.8. The maximum Gasteiger partial charge on any atom is 0.165 e. The molecule has 1 fully saturated rings. The van der Waals surface area contributed by atoms with Gasteiger partial charge in [0, 0.05) is 6.04 Å². The second kappa shape index (κ2) is 6.38. The summed E-state index contributed by atoms with van der Waals surface area (Å²) in [6.07, 6.45) is 5.89.